The lowest BCUT2D eigenvalue weighted by Crippen LogP contribution is -2.13. The molecule has 0 spiro atoms. The Morgan fingerprint density at radius 2 is 1.69 bits per heavy atom. The Morgan fingerprint density at radius 1 is 0.971 bits per heavy atom. The number of carbonyl (C=O) groups excluding carboxylic acids is 2. The van der Waals surface area contributed by atoms with Gasteiger partial charge in [0, 0.05) is 23.6 Å². The van der Waals surface area contributed by atoms with Gasteiger partial charge in [0.05, 0.1) is 12.0 Å². The number of halogens is 1. The molecule has 1 aliphatic rings. The van der Waals surface area contributed by atoms with Crippen molar-refractivity contribution in [2.75, 3.05) is 0 Å². The highest BCUT2D eigenvalue weighted by Gasteiger charge is 2.25. The Kier molecular flexibility index (Phi) is 6.45. The average molecular weight is 471 g/mol. The minimum Gasteiger partial charge on any atom is -0.451 e. The van der Waals surface area contributed by atoms with Gasteiger partial charge in [0.1, 0.15) is 11.5 Å². The van der Waals surface area contributed by atoms with Crippen LogP contribution in [-0.2, 0) is 6.42 Å². The van der Waals surface area contributed by atoms with Gasteiger partial charge in [-0.1, -0.05) is 43.5 Å². The Hall–Kier alpha value is -3.80. The van der Waals surface area contributed by atoms with Crippen LogP contribution in [0.3, 0.4) is 0 Å². The first-order valence-electron chi connectivity index (χ1n) is 12.1. The van der Waals surface area contributed by atoms with Gasteiger partial charge in [-0.2, -0.15) is 0 Å². The van der Waals surface area contributed by atoms with Crippen molar-refractivity contribution >= 4 is 11.6 Å². The molecule has 4 aromatic rings. The van der Waals surface area contributed by atoms with Crippen LogP contribution < -0.4 is 0 Å². The molecule has 1 aliphatic carbocycles. The SMILES string of the molecule is CC(=O)c1ccc(CC(=O)c2ccc(-c3c(-c4ccc(F)cc4)ncn3C3CCCCC3)o2)cc1. The van der Waals surface area contributed by atoms with Crippen molar-refractivity contribution in [3.8, 4) is 22.7 Å². The van der Waals surface area contributed by atoms with Gasteiger partial charge in [0.2, 0.25) is 5.78 Å². The number of nitrogens with zero attached hydrogens (tertiary/aromatic N) is 2. The summed E-state index contributed by atoms with van der Waals surface area (Å²) in [5, 5.41) is 0. The molecule has 0 radical (unpaired) electrons. The molecular formula is C29H27FN2O3. The van der Waals surface area contributed by atoms with Gasteiger partial charge in [0.15, 0.2) is 17.3 Å². The minimum absolute atomic E-state index is 0.00918. The number of rotatable bonds is 7. The fourth-order valence-electron chi connectivity index (χ4n) is 4.80. The highest BCUT2D eigenvalue weighted by atomic mass is 19.1. The van der Waals surface area contributed by atoms with E-state index in [-0.39, 0.29) is 29.6 Å². The van der Waals surface area contributed by atoms with Crippen LogP contribution in [0.2, 0.25) is 0 Å². The number of ketones is 2. The molecule has 5 nitrogen and oxygen atoms in total. The standard InChI is InChI=1S/C29H27FN2O3/c1-19(33)21-9-7-20(8-10-21)17-25(34)26-15-16-27(35-26)29-28(22-11-13-23(30)14-12-22)31-18-32(29)24-5-3-2-4-6-24/h7-16,18,24H,2-6,17H2,1H3. The molecule has 1 saturated carbocycles. The van der Waals surface area contributed by atoms with E-state index in [2.05, 4.69) is 9.55 Å². The van der Waals surface area contributed by atoms with Gasteiger partial charge in [0.25, 0.3) is 0 Å². The van der Waals surface area contributed by atoms with E-state index in [1.165, 1.54) is 38.3 Å². The molecule has 0 unspecified atom stereocenters. The first-order chi connectivity index (χ1) is 17.0. The number of imidazole rings is 1. The molecule has 5 rings (SSSR count). The number of benzene rings is 2. The van der Waals surface area contributed by atoms with Gasteiger partial charge in [-0.05, 0) is 61.7 Å². The molecule has 0 N–H and O–H groups in total. The maximum Gasteiger partial charge on any atom is 0.202 e. The lowest BCUT2D eigenvalue weighted by atomic mass is 9.95. The van der Waals surface area contributed by atoms with Crippen LogP contribution in [0.1, 0.15) is 71.5 Å². The van der Waals surface area contributed by atoms with E-state index in [9.17, 15) is 14.0 Å². The molecule has 6 heteroatoms. The van der Waals surface area contributed by atoms with Gasteiger partial charge in [-0.15, -0.1) is 0 Å². The van der Waals surface area contributed by atoms with Crippen molar-refractivity contribution in [2.45, 2.75) is 51.5 Å². The maximum absolute atomic E-state index is 13.6. The van der Waals surface area contributed by atoms with E-state index < -0.39 is 0 Å². The first kappa shape index (κ1) is 23.0. The van der Waals surface area contributed by atoms with E-state index in [1.54, 1.807) is 42.5 Å². The number of Topliss-reactive ketones (excluding diaryl/α,β-unsaturated/α-hetero) is 2. The summed E-state index contributed by atoms with van der Waals surface area (Å²) in [4.78, 5) is 29.1. The van der Waals surface area contributed by atoms with Crippen LogP contribution in [0, 0.1) is 5.82 Å². The summed E-state index contributed by atoms with van der Waals surface area (Å²) in [5.74, 6) is 0.396. The second kappa shape index (κ2) is 9.82. The van der Waals surface area contributed by atoms with Crippen LogP contribution in [0.5, 0.6) is 0 Å². The molecule has 1 fully saturated rings. The van der Waals surface area contributed by atoms with Gasteiger partial charge in [-0.25, -0.2) is 9.37 Å². The van der Waals surface area contributed by atoms with Crippen LogP contribution in [0.4, 0.5) is 4.39 Å². The molecule has 178 valence electrons. The predicted molar refractivity (Wildman–Crippen MR) is 132 cm³/mol. The zero-order chi connectivity index (χ0) is 24.4. The largest absolute Gasteiger partial charge is 0.451 e. The Bertz CT molecular complexity index is 1340. The number of carbonyl (C=O) groups is 2. The predicted octanol–water partition coefficient (Wildman–Crippen LogP) is 7.08. The molecule has 2 aromatic carbocycles. The van der Waals surface area contributed by atoms with E-state index in [1.807, 2.05) is 12.4 Å². The van der Waals surface area contributed by atoms with Gasteiger partial charge in [-0.3, -0.25) is 9.59 Å². The smallest absolute Gasteiger partial charge is 0.202 e. The van der Waals surface area contributed by atoms with Crippen molar-refractivity contribution in [2.24, 2.45) is 0 Å². The van der Waals surface area contributed by atoms with Crippen molar-refractivity contribution < 1.29 is 18.4 Å². The van der Waals surface area contributed by atoms with Gasteiger partial charge < -0.3 is 8.98 Å². The zero-order valence-electron chi connectivity index (χ0n) is 19.7. The lowest BCUT2D eigenvalue weighted by Gasteiger charge is -2.24. The summed E-state index contributed by atoms with van der Waals surface area (Å²) in [7, 11) is 0. The summed E-state index contributed by atoms with van der Waals surface area (Å²) in [5.41, 5.74) is 3.76. The molecule has 0 bridgehead atoms. The fraction of sp³-hybridized carbons (Fsp3) is 0.276. The molecule has 0 saturated heterocycles. The Labute approximate surface area is 203 Å². The van der Waals surface area contributed by atoms with Crippen LogP contribution >= 0.6 is 0 Å². The summed E-state index contributed by atoms with van der Waals surface area (Å²) in [6.45, 7) is 1.52. The van der Waals surface area contributed by atoms with Crippen LogP contribution in [-0.4, -0.2) is 21.1 Å². The highest BCUT2D eigenvalue weighted by Crippen LogP contribution is 2.38. The highest BCUT2D eigenvalue weighted by molar-refractivity contribution is 5.96. The molecule has 2 heterocycles. The fourth-order valence-corrected chi connectivity index (χ4v) is 4.80. The number of furan rings is 1. The average Bonchev–Trinajstić information content (AvgIpc) is 3.53. The Balaban J connectivity index is 1.46. The minimum atomic E-state index is -0.302. The van der Waals surface area contributed by atoms with Crippen molar-refractivity contribution in [1.82, 2.24) is 9.55 Å². The van der Waals surface area contributed by atoms with Crippen molar-refractivity contribution in [3.63, 3.8) is 0 Å². The normalized spacial score (nSPS) is 14.2. The number of aromatic nitrogens is 2. The second-order valence-electron chi connectivity index (χ2n) is 9.16. The topological polar surface area (TPSA) is 65.1 Å². The van der Waals surface area contributed by atoms with Crippen LogP contribution in [0.15, 0.2) is 71.4 Å². The zero-order valence-corrected chi connectivity index (χ0v) is 19.7. The van der Waals surface area contributed by atoms with Crippen molar-refractivity contribution in [3.05, 3.63) is 89.7 Å². The van der Waals surface area contributed by atoms with Gasteiger partial charge >= 0.3 is 0 Å². The third-order valence-electron chi connectivity index (χ3n) is 6.72. The molecule has 0 aliphatic heterocycles. The molecule has 35 heavy (non-hydrogen) atoms. The Morgan fingerprint density at radius 3 is 2.37 bits per heavy atom. The summed E-state index contributed by atoms with van der Waals surface area (Å²) in [6, 6.07) is 17.2. The first-order valence-corrected chi connectivity index (χ1v) is 12.1. The third-order valence-corrected chi connectivity index (χ3v) is 6.72. The third kappa shape index (κ3) is 4.87. The summed E-state index contributed by atoms with van der Waals surface area (Å²) >= 11 is 0. The maximum atomic E-state index is 13.6. The lowest BCUT2D eigenvalue weighted by molar-refractivity contribution is 0.0966. The van der Waals surface area contributed by atoms with Crippen molar-refractivity contribution in [1.29, 1.82) is 0 Å². The molecule has 0 atom stereocenters. The number of hydrogen-bond donors (Lipinski definition) is 0. The van der Waals surface area contributed by atoms with E-state index in [0.717, 1.165) is 29.7 Å². The molecule has 0 amide bonds. The second-order valence-corrected chi connectivity index (χ2v) is 9.16. The van der Waals surface area contributed by atoms with Crippen LogP contribution in [0.25, 0.3) is 22.7 Å². The van der Waals surface area contributed by atoms with E-state index >= 15 is 0 Å². The molecular weight excluding hydrogens is 443 g/mol. The molecule has 2 aromatic heterocycles. The summed E-state index contributed by atoms with van der Waals surface area (Å²) in [6.07, 6.45) is 7.71. The monoisotopic (exact) mass is 470 g/mol. The van der Waals surface area contributed by atoms with E-state index in [4.69, 9.17) is 4.42 Å². The van der Waals surface area contributed by atoms with E-state index in [0.29, 0.717) is 23.1 Å². The number of hydrogen-bond acceptors (Lipinski definition) is 4. The quantitative estimate of drug-likeness (QED) is 0.271. The summed E-state index contributed by atoms with van der Waals surface area (Å²) < 4.78 is 21.8.